The van der Waals surface area contributed by atoms with Gasteiger partial charge in [-0.05, 0) is 28.1 Å². The van der Waals surface area contributed by atoms with E-state index in [1.54, 1.807) is 12.3 Å². The average molecular weight is 281 g/mol. The fourth-order valence-electron chi connectivity index (χ4n) is 0.948. The third-order valence-electron chi connectivity index (χ3n) is 1.74. The van der Waals surface area contributed by atoms with E-state index < -0.39 is 12.5 Å². The Morgan fingerprint density at radius 2 is 2.20 bits per heavy atom. The van der Waals surface area contributed by atoms with E-state index in [9.17, 15) is 8.78 Å². The number of halogens is 3. The molecule has 84 valence electrons. The lowest BCUT2D eigenvalue weighted by Gasteiger charge is -2.10. The number of nitrogens with one attached hydrogen (secondary N) is 1. The van der Waals surface area contributed by atoms with E-state index in [2.05, 4.69) is 26.2 Å². The number of aliphatic hydroxyl groups excluding tert-OH is 1. The van der Waals surface area contributed by atoms with Crippen LogP contribution in [0.2, 0.25) is 0 Å². The van der Waals surface area contributed by atoms with Gasteiger partial charge >= 0.3 is 0 Å². The molecule has 0 saturated heterocycles. The Kier molecular flexibility index (Phi) is 5.07. The molecule has 0 saturated carbocycles. The molecule has 0 radical (unpaired) electrons. The summed E-state index contributed by atoms with van der Waals surface area (Å²) in [5, 5.41) is 11.5. The van der Waals surface area contributed by atoms with Crippen molar-refractivity contribution in [2.24, 2.45) is 0 Å². The first-order valence-corrected chi connectivity index (χ1v) is 5.16. The molecule has 0 aliphatic rings. The molecule has 0 aliphatic carbocycles. The van der Waals surface area contributed by atoms with E-state index in [-0.39, 0.29) is 6.54 Å². The molecule has 2 N–H and O–H groups in total. The van der Waals surface area contributed by atoms with Gasteiger partial charge in [0, 0.05) is 23.8 Å². The first-order valence-electron chi connectivity index (χ1n) is 4.37. The summed E-state index contributed by atoms with van der Waals surface area (Å²) in [5.41, 5.74) is 0.736. The normalized spacial score (nSPS) is 13.1. The number of nitrogens with zero attached hydrogens (tertiary/aromatic N) is 1. The summed E-state index contributed by atoms with van der Waals surface area (Å²) in [6.07, 6.45) is -2.71. The quantitative estimate of drug-likeness (QED) is 0.861. The van der Waals surface area contributed by atoms with E-state index in [1.165, 1.54) is 0 Å². The molecule has 1 aromatic rings. The molecule has 1 rings (SSSR count). The molecule has 1 heterocycles. The minimum atomic E-state index is -2.71. The number of hydrogen-bond donors (Lipinski definition) is 2. The van der Waals surface area contributed by atoms with Crippen molar-refractivity contribution in [3.05, 3.63) is 28.5 Å². The van der Waals surface area contributed by atoms with Crippen LogP contribution in [0.1, 0.15) is 5.69 Å². The van der Waals surface area contributed by atoms with Crippen molar-refractivity contribution in [2.45, 2.75) is 19.1 Å². The summed E-state index contributed by atoms with van der Waals surface area (Å²) in [4.78, 5) is 4.04. The van der Waals surface area contributed by atoms with Gasteiger partial charge in [0.2, 0.25) is 0 Å². The molecule has 0 aliphatic heterocycles. The fourth-order valence-corrected chi connectivity index (χ4v) is 1.18. The first kappa shape index (κ1) is 12.5. The van der Waals surface area contributed by atoms with Crippen LogP contribution in [0.4, 0.5) is 8.78 Å². The van der Waals surface area contributed by atoms with E-state index >= 15 is 0 Å². The van der Waals surface area contributed by atoms with Crippen LogP contribution in [-0.2, 0) is 6.54 Å². The minimum Gasteiger partial charge on any atom is -0.386 e. The Morgan fingerprint density at radius 3 is 2.73 bits per heavy atom. The number of rotatable bonds is 5. The maximum Gasteiger partial charge on any atom is 0.265 e. The van der Waals surface area contributed by atoms with Gasteiger partial charge in [0.15, 0.2) is 0 Å². The summed E-state index contributed by atoms with van der Waals surface area (Å²) >= 11 is 3.23. The highest BCUT2D eigenvalue weighted by Crippen LogP contribution is 2.07. The Hall–Kier alpha value is -0.590. The highest BCUT2D eigenvalue weighted by atomic mass is 79.9. The smallest absolute Gasteiger partial charge is 0.265 e. The van der Waals surface area contributed by atoms with E-state index in [1.807, 2.05) is 6.07 Å². The van der Waals surface area contributed by atoms with Crippen molar-refractivity contribution in [1.82, 2.24) is 10.3 Å². The molecule has 1 unspecified atom stereocenters. The zero-order chi connectivity index (χ0) is 11.3. The largest absolute Gasteiger partial charge is 0.386 e. The predicted octanol–water partition coefficient (Wildman–Crippen LogP) is 1.56. The van der Waals surface area contributed by atoms with Gasteiger partial charge in [-0.15, -0.1) is 0 Å². The van der Waals surface area contributed by atoms with Gasteiger partial charge < -0.3 is 10.4 Å². The maximum atomic E-state index is 11.9. The molecule has 0 amide bonds. The van der Waals surface area contributed by atoms with Crippen LogP contribution in [0.5, 0.6) is 0 Å². The van der Waals surface area contributed by atoms with Gasteiger partial charge in [-0.2, -0.15) is 0 Å². The van der Waals surface area contributed by atoms with E-state index in [0.29, 0.717) is 6.54 Å². The lowest BCUT2D eigenvalue weighted by Crippen LogP contribution is -2.31. The number of hydrogen-bond acceptors (Lipinski definition) is 3. The Bertz CT molecular complexity index is 295. The van der Waals surface area contributed by atoms with Crippen molar-refractivity contribution >= 4 is 15.9 Å². The standard InChI is InChI=1S/C9H11BrF2N2O/c10-6-1-2-7(14-3-6)4-13-5-8(15)9(11)12/h1-3,8-9,13,15H,4-5H2. The topological polar surface area (TPSA) is 45.1 Å². The Labute approximate surface area is 94.7 Å². The molecule has 1 atom stereocenters. The van der Waals surface area contributed by atoms with Gasteiger partial charge in [0.25, 0.3) is 6.43 Å². The van der Waals surface area contributed by atoms with Crippen LogP contribution >= 0.6 is 15.9 Å². The molecule has 15 heavy (non-hydrogen) atoms. The lowest BCUT2D eigenvalue weighted by molar-refractivity contribution is -0.00344. The molecule has 0 aromatic carbocycles. The monoisotopic (exact) mass is 280 g/mol. The predicted molar refractivity (Wildman–Crippen MR) is 55.7 cm³/mol. The second-order valence-corrected chi connectivity index (χ2v) is 3.92. The molecule has 6 heteroatoms. The fraction of sp³-hybridized carbons (Fsp3) is 0.444. The summed E-state index contributed by atoms with van der Waals surface area (Å²) in [7, 11) is 0. The first-order chi connectivity index (χ1) is 7.09. The van der Waals surface area contributed by atoms with Crippen molar-refractivity contribution in [2.75, 3.05) is 6.54 Å². The number of pyridine rings is 1. The van der Waals surface area contributed by atoms with Crippen molar-refractivity contribution < 1.29 is 13.9 Å². The minimum absolute atomic E-state index is 0.143. The van der Waals surface area contributed by atoms with Crippen LogP contribution in [0.15, 0.2) is 22.8 Å². The Morgan fingerprint density at radius 1 is 1.47 bits per heavy atom. The molecule has 3 nitrogen and oxygen atoms in total. The third kappa shape index (κ3) is 4.63. The van der Waals surface area contributed by atoms with Crippen molar-refractivity contribution in [3.63, 3.8) is 0 Å². The second-order valence-electron chi connectivity index (χ2n) is 3.00. The van der Waals surface area contributed by atoms with Crippen LogP contribution in [-0.4, -0.2) is 29.2 Å². The summed E-state index contributed by atoms with van der Waals surface area (Å²) in [6, 6.07) is 3.58. The zero-order valence-electron chi connectivity index (χ0n) is 7.83. The SMILES string of the molecule is OC(CNCc1ccc(Br)cn1)C(F)F. The van der Waals surface area contributed by atoms with Gasteiger partial charge in [-0.25, -0.2) is 8.78 Å². The zero-order valence-corrected chi connectivity index (χ0v) is 9.42. The molecular formula is C9H11BrF2N2O. The van der Waals surface area contributed by atoms with E-state index in [4.69, 9.17) is 5.11 Å². The summed E-state index contributed by atoms with van der Waals surface area (Å²) < 4.78 is 24.7. The Balaban J connectivity index is 2.29. The second kappa shape index (κ2) is 6.09. The molecular weight excluding hydrogens is 270 g/mol. The molecule has 0 spiro atoms. The van der Waals surface area contributed by atoms with Crippen LogP contribution in [0.25, 0.3) is 0 Å². The van der Waals surface area contributed by atoms with Gasteiger partial charge in [0.1, 0.15) is 6.10 Å². The molecule has 0 fully saturated rings. The highest BCUT2D eigenvalue weighted by Gasteiger charge is 2.15. The molecule has 0 bridgehead atoms. The van der Waals surface area contributed by atoms with Crippen LogP contribution in [0, 0.1) is 0 Å². The number of aromatic nitrogens is 1. The summed E-state index contributed by atoms with van der Waals surface area (Å²) in [5.74, 6) is 0. The average Bonchev–Trinajstić information content (AvgIpc) is 2.20. The molecule has 1 aromatic heterocycles. The van der Waals surface area contributed by atoms with Gasteiger partial charge in [0.05, 0.1) is 5.69 Å². The summed E-state index contributed by atoms with van der Waals surface area (Å²) in [6.45, 7) is 0.215. The van der Waals surface area contributed by atoms with Crippen LogP contribution in [0.3, 0.4) is 0 Å². The lowest BCUT2D eigenvalue weighted by atomic mass is 10.3. The maximum absolute atomic E-state index is 11.9. The van der Waals surface area contributed by atoms with Crippen molar-refractivity contribution in [1.29, 1.82) is 0 Å². The van der Waals surface area contributed by atoms with E-state index in [0.717, 1.165) is 10.2 Å². The van der Waals surface area contributed by atoms with Gasteiger partial charge in [-0.3, -0.25) is 4.98 Å². The number of alkyl halides is 2. The van der Waals surface area contributed by atoms with Gasteiger partial charge in [-0.1, -0.05) is 0 Å². The number of aliphatic hydroxyl groups is 1. The van der Waals surface area contributed by atoms with Crippen molar-refractivity contribution in [3.8, 4) is 0 Å². The van der Waals surface area contributed by atoms with Crippen LogP contribution < -0.4 is 5.32 Å². The third-order valence-corrected chi connectivity index (χ3v) is 2.21. The highest BCUT2D eigenvalue weighted by molar-refractivity contribution is 9.10.